The number of para-hydroxylation sites is 1. The van der Waals surface area contributed by atoms with Gasteiger partial charge in [-0.3, -0.25) is 9.69 Å². The Bertz CT molecular complexity index is 858. The standard InChI is InChI=1S/C26H37N3O3/c1-4-16-31-22-11-12-23(28-25(30)19-29-14-6-5-7-15-29)24(18-22)27-13-17-32-26-20(2)9-8-10-21(26)3/h8-12,18,27H,4-7,13-17,19H2,1-3H3,(H,28,30). The Morgan fingerprint density at radius 1 is 0.969 bits per heavy atom. The highest BCUT2D eigenvalue weighted by Gasteiger charge is 2.15. The summed E-state index contributed by atoms with van der Waals surface area (Å²) >= 11 is 0. The third-order valence-electron chi connectivity index (χ3n) is 5.63. The maximum Gasteiger partial charge on any atom is 0.238 e. The van der Waals surface area contributed by atoms with Gasteiger partial charge in [0, 0.05) is 12.6 Å². The molecule has 0 aromatic heterocycles. The number of anilines is 2. The van der Waals surface area contributed by atoms with E-state index in [4.69, 9.17) is 9.47 Å². The van der Waals surface area contributed by atoms with E-state index in [9.17, 15) is 4.79 Å². The molecule has 1 aliphatic rings. The van der Waals surface area contributed by atoms with Crippen molar-refractivity contribution in [3.05, 3.63) is 47.5 Å². The molecule has 0 unspecified atom stereocenters. The van der Waals surface area contributed by atoms with E-state index in [1.165, 1.54) is 19.3 Å². The molecule has 174 valence electrons. The highest BCUT2D eigenvalue weighted by atomic mass is 16.5. The molecule has 6 heteroatoms. The van der Waals surface area contributed by atoms with E-state index in [0.717, 1.165) is 53.5 Å². The van der Waals surface area contributed by atoms with Crippen LogP contribution < -0.4 is 20.1 Å². The number of hydrogen-bond acceptors (Lipinski definition) is 5. The van der Waals surface area contributed by atoms with Gasteiger partial charge >= 0.3 is 0 Å². The maximum absolute atomic E-state index is 12.6. The first-order chi connectivity index (χ1) is 15.6. The number of piperidine rings is 1. The molecule has 1 saturated heterocycles. The minimum absolute atomic E-state index is 0.0176. The smallest absolute Gasteiger partial charge is 0.238 e. The number of hydrogen-bond donors (Lipinski definition) is 2. The molecule has 0 bridgehead atoms. The van der Waals surface area contributed by atoms with E-state index in [-0.39, 0.29) is 5.91 Å². The number of carbonyl (C=O) groups is 1. The first kappa shape index (κ1) is 23.9. The summed E-state index contributed by atoms with van der Waals surface area (Å²) < 4.78 is 11.8. The molecule has 0 aliphatic carbocycles. The first-order valence-electron chi connectivity index (χ1n) is 11.8. The van der Waals surface area contributed by atoms with Gasteiger partial charge in [0.05, 0.1) is 24.5 Å². The lowest BCUT2D eigenvalue weighted by atomic mass is 10.1. The SMILES string of the molecule is CCCOc1ccc(NC(=O)CN2CCCCC2)c(NCCOc2c(C)cccc2C)c1. The Balaban J connectivity index is 1.61. The molecule has 0 atom stereocenters. The molecule has 1 aliphatic heterocycles. The van der Waals surface area contributed by atoms with Crippen molar-refractivity contribution in [2.45, 2.75) is 46.5 Å². The zero-order valence-corrected chi connectivity index (χ0v) is 19.7. The Morgan fingerprint density at radius 2 is 1.72 bits per heavy atom. The summed E-state index contributed by atoms with van der Waals surface area (Å²) in [5.74, 6) is 1.74. The third-order valence-corrected chi connectivity index (χ3v) is 5.63. The molecule has 6 nitrogen and oxygen atoms in total. The van der Waals surface area contributed by atoms with Crippen molar-refractivity contribution in [1.82, 2.24) is 4.90 Å². The molecule has 0 saturated carbocycles. The van der Waals surface area contributed by atoms with Gasteiger partial charge in [-0.1, -0.05) is 31.5 Å². The normalized spacial score (nSPS) is 14.1. The quantitative estimate of drug-likeness (QED) is 0.482. The van der Waals surface area contributed by atoms with Crippen LogP contribution in [0.5, 0.6) is 11.5 Å². The van der Waals surface area contributed by atoms with Crippen molar-refractivity contribution >= 4 is 17.3 Å². The highest BCUT2D eigenvalue weighted by Crippen LogP contribution is 2.28. The Morgan fingerprint density at radius 3 is 2.44 bits per heavy atom. The second-order valence-electron chi connectivity index (χ2n) is 8.44. The van der Waals surface area contributed by atoms with Crippen LogP contribution >= 0.6 is 0 Å². The molecule has 1 heterocycles. The van der Waals surface area contributed by atoms with E-state index in [1.807, 2.05) is 24.3 Å². The second kappa shape index (κ2) is 12.3. The topological polar surface area (TPSA) is 62.8 Å². The molecule has 2 aromatic carbocycles. The van der Waals surface area contributed by atoms with Gasteiger partial charge in [0.2, 0.25) is 5.91 Å². The number of aryl methyl sites for hydroxylation is 2. The second-order valence-corrected chi connectivity index (χ2v) is 8.44. The summed E-state index contributed by atoms with van der Waals surface area (Å²) in [5.41, 5.74) is 3.87. The molecule has 0 radical (unpaired) electrons. The summed E-state index contributed by atoms with van der Waals surface area (Å²) in [6.07, 6.45) is 4.55. The molecule has 2 N–H and O–H groups in total. The predicted octanol–water partition coefficient (Wildman–Crippen LogP) is 5.01. The molecule has 2 aromatic rings. The van der Waals surface area contributed by atoms with Crippen molar-refractivity contribution in [1.29, 1.82) is 0 Å². The summed E-state index contributed by atoms with van der Waals surface area (Å²) in [5, 5.41) is 6.49. The molecule has 32 heavy (non-hydrogen) atoms. The average molecular weight is 440 g/mol. The molecular formula is C26H37N3O3. The fourth-order valence-corrected chi connectivity index (χ4v) is 3.96. The molecule has 3 rings (SSSR count). The van der Waals surface area contributed by atoms with Gasteiger partial charge in [-0.05, 0) is 69.5 Å². The van der Waals surface area contributed by atoms with Crippen LogP contribution in [-0.2, 0) is 4.79 Å². The first-order valence-corrected chi connectivity index (χ1v) is 11.8. The van der Waals surface area contributed by atoms with Gasteiger partial charge in [-0.25, -0.2) is 0 Å². The van der Waals surface area contributed by atoms with Crippen molar-refractivity contribution in [3.63, 3.8) is 0 Å². The van der Waals surface area contributed by atoms with Crippen LogP contribution in [0.25, 0.3) is 0 Å². The van der Waals surface area contributed by atoms with E-state index in [0.29, 0.717) is 26.3 Å². The minimum Gasteiger partial charge on any atom is -0.494 e. The van der Waals surface area contributed by atoms with E-state index in [1.54, 1.807) is 0 Å². The summed E-state index contributed by atoms with van der Waals surface area (Å²) in [6, 6.07) is 11.9. The number of ether oxygens (including phenoxy) is 2. The highest BCUT2D eigenvalue weighted by molar-refractivity contribution is 5.95. The lowest BCUT2D eigenvalue weighted by molar-refractivity contribution is -0.117. The van der Waals surface area contributed by atoms with Crippen LogP contribution in [0.2, 0.25) is 0 Å². The molecule has 1 fully saturated rings. The summed E-state index contributed by atoms with van der Waals surface area (Å²) in [6.45, 7) is 10.4. The van der Waals surface area contributed by atoms with Gasteiger partial charge in [0.1, 0.15) is 18.1 Å². The zero-order chi connectivity index (χ0) is 22.8. The van der Waals surface area contributed by atoms with E-state index >= 15 is 0 Å². The zero-order valence-electron chi connectivity index (χ0n) is 19.7. The van der Waals surface area contributed by atoms with E-state index < -0.39 is 0 Å². The summed E-state index contributed by atoms with van der Waals surface area (Å²) in [4.78, 5) is 14.9. The largest absolute Gasteiger partial charge is 0.494 e. The van der Waals surface area contributed by atoms with Gasteiger partial charge in [-0.2, -0.15) is 0 Å². The Labute approximate surface area is 192 Å². The van der Waals surface area contributed by atoms with Crippen molar-refractivity contribution in [2.75, 3.05) is 50.0 Å². The van der Waals surface area contributed by atoms with Crippen LogP contribution in [0.4, 0.5) is 11.4 Å². The number of amides is 1. The fourth-order valence-electron chi connectivity index (χ4n) is 3.96. The lowest BCUT2D eigenvalue weighted by Gasteiger charge is -2.25. The van der Waals surface area contributed by atoms with Gasteiger partial charge in [0.25, 0.3) is 0 Å². The third kappa shape index (κ3) is 7.16. The molecule has 0 spiro atoms. The number of rotatable bonds is 11. The number of carbonyl (C=O) groups excluding carboxylic acids is 1. The van der Waals surface area contributed by atoms with Crippen LogP contribution in [0.3, 0.4) is 0 Å². The number of nitrogens with one attached hydrogen (secondary N) is 2. The number of nitrogens with zero attached hydrogens (tertiary/aromatic N) is 1. The van der Waals surface area contributed by atoms with Crippen LogP contribution in [0.1, 0.15) is 43.7 Å². The number of benzene rings is 2. The van der Waals surface area contributed by atoms with Crippen LogP contribution in [0.15, 0.2) is 36.4 Å². The number of likely N-dealkylation sites (tertiary alicyclic amines) is 1. The van der Waals surface area contributed by atoms with E-state index in [2.05, 4.69) is 48.4 Å². The summed E-state index contributed by atoms with van der Waals surface area (Å²) in [7, 11) is 0. The van der Waals surface area contributed by atoms with Crippen LogP contribution in [-0.4, -0.2) is 50.2 Å². The van der Waals surface area contributed by atoms with Gasteiger partial charge < -0.3 is 20.1 Å². The lowest BCUT2D eigenvalue weighted by Crippen LogP contribution is -2.36. The van der Waals surface area contributed by atoms with Gasteiger partial charge in [0.15, 0.2) is 0 Å². The molecular weight excluding hydrogens is 402 g/mol. The predicted molar refractivity (Wildman–Crippen MR) is 131 cm³/mol. The van der Waals surface area contributed by atoms with Crippen LogP contribution in [0, 0.1) is 13.8 Å². The average Bonchev–Trinajstić information content (AvgIpc) is 2.78. The Kier molecular flexibility index (Phi) is 9.23. The maximum atomic E-state index is 12.6. The molecule has 1 amide bonds. The minimum atomic E-state index is 0.0176. The van der Waals surface area contributed by atoms with Gasteiger partial charge in [-0.15, -0.1) is 0 Å². The Hall–Kier alpha value is -2.73. The van der Waals surface area contributed by atoms with Crippen molar-refractivity contribution in [2.24, 2.45) is 0 Å². The van der Waals surface area contributed by atoms with Crippen molar-refractivity contribution in [3.8, 4) is 11.5 Å². The monoisotopic (exact) mass is 439 g/mol. The van der Waals surface area contributed by atoms with Crippen molar-refractivity contribution < 1.29 is 14.3 Å². The fraction of sp³-hybridized carbons (Fsp3) is 0.500.